The minimum absolute atomic E-state index is 0.217. The van der Waals surface area contributed by atoms with Gasteiger partial charge in [0.05, 0.1) is 5.69 Å². The van der Waals surface area contributed by atoms with Crippen LogP contribution in [0.4, 0.5) is 5.13 Å². The van der Waals surface area contributed by atoms with Gasteiger partial charge >= 0.3 is 0 Å². The summed E-state index contributed by atoms with van der Waals surface area (Å²) in [6.07, 6.45) is 3.14. The third-order valence-corrected chi connectivity index (χ3v) is 3.92. The van der Waals surface area contributed by atoms with Crippen LogP contribution in [0.15, 0.2) is 48.1 Å². The highest BCUT2D eigenvalue weighted by molar-refractivity contribution is 7.14. The molecule has 6 heteroatoms. The van der Waals surface area contributed by atoms with E-state index < -0.39 is 0 Å². The fourth-order valence-corrected chi connectivity index (χ4v) is 2.67. The Morgan fingerprint density at radius 3 is 2.73 bits per heavy atom. The van der Waals surface area contributed by atoms with Crippen molar-refractivity contribution in [1.29, 1.82) is 0 Å². The van der Waals surface area contributed by atoms with Gasteiger partial charge in [-0.25, -0.2) is 4.98 Å². The Kier molecular flexibility index (Phi) is 3.84. The van der Waals surface area contributed by atoms with Crippen LogP contribution >= 0.6 is 11.3 Å². The van der Waals surface area contributed by atoms with Gasteiger partial charge in [-0.3, -0.25) is 15.1 Å². The van der Waals surface area contributed by atoms with Crippen molar-refractivity contribution in [1.82, 2.24) is 9.97 Å². The second kappa shape index (κ2) is 5.95. The Bertz CT molecular complexity index is 815. The van der Waals surface area contributed by atoms with Crippen LogP contribution in [0.1, 0.15) is 15.9 Å². The highest BCUT2D eigenvalue weighted by atomic mass is 32.1. The van der Waals surface area contributed by atoms with Gasteiger partial charge in [0.2, 0.25) is 0 Å². The largest absolute Gasteiger partial charge is 0.508 e. The number of carbonyl (C=O) groups is 1. The molecule has 0 saturated carbocycles. The van der Waals surface area contributed by atoms with E-state index in [9.17, 15) is 9.90 Å². The smallest absolute Gasteiger partial charge is 0.257 e. The SMILES string of the molecule is Cc1cc(-c2csc(NC(=O)c3ccncc3)n2)ccc1O. The van der Waals surface area contributed by atoms with Crippen molar-refractivity contribution in [3.8, 4) is 17.0 Å². The van der Waals surface area contributed by atoms with Crippen molar-refractivity contribution >= 4 is 22.4 Å². The fourth-order valence-electron chi connectivity index (χ4n) is 1.95. The number of aromatic hydroxyl groups is 1. The lowest BCUT2D eigenvalue weighted by Crippen LogP contribution is -2.11. The van der Waals surface area contributed by atoms with Gasteiger partial charge in [0.1, 0.15) is 5.75 Å². The first-order chi connectivity index (χ1) is 10.6. The first-order valence-electron chi connectivity index (χ1n) is 6.60. The number of pyridine rings is 1. The van der Waals surface area contributed by atoms with E-state index in [1.807, 2.05) is 18.4 Å². The molecule has 0 saturated heterocycles. The van der Waals surface area contributed by atoms with Gasteiger partial charge in [0.25, 0.3) is 5.91 Å². The highest BCUT2D eigenvalue weighted by Gasteiger charge is 2.10. The number of hydrogen-bond acceptors (Lipinski definition) is 5. The summed E-state index contributed by atoms with van der Waals surface area (Å²) in [6.45, 7) is 1.83. The van der Waals surface area contributed by atoms with Gasteiger partial charge in [-0.2, -0.15) is 0 Å². The summed E-state index contributed by atoms with van der Waals surface area (Å²) in [4.78, 5) is 20.3. The van der Waals surface area contributed by atoms with Crippen molar-refractivity contribution in [3.05, 3.63) is 59.2 Å². The average Bonchev–Trinajstić information content (AvgIpc) is 2.99. The molecule has 2 N–H and O–H groups in total. The zero-order chi connectivity index (χ0) is 15.5. The molecule has 0 aliphatic carbocycles. The van der Waals surface area contributed by atoms with Crippen LogP contribution in [0.25, 0.3) is 11.3 Å². The van der Waals surface area contributed by atoms with E-state index in [1.165, 1.54) is 11.3 Å². The maximum absolute atomic E-state index is 12.1. The van der Waals surface area contributed by atoms with Crippen LogP contribution in [0.2, 0.25) is 0 Å². The van der Waals surface area contributed by atoms with Gasteiger partial charge in [-0.15, -0.1) is 11.3 Å². The summed E-state index contributed by atoms with van der Waals surface area (Å²) in [5.74, 6) is 0.0374. The van der Waals surface area contributed by atoms with E-state index >= 15 is 0 Å². The molecule has 0 bridgehead atoms. The van der Waals surface area contributed by atoms with Crippen molar-refractivity contribution in [2.75, 3.05) is 5.32 Å². The summed E-state index contributed by atoms with van der Waals surface area (Å²) in [5, 5.41) is 14.7. The molecule has 5 nitrogen and oxygen atoms in total. The number of anilines is 1. The second-order valence-corrected chi connectivity index (χ2v) is 5.59. The number of nitrogens with one attached hydrogen (secondary N) is 1. The van der Waals surface area contributed by atoms with E-state index in [1.54, 1.807) is 36.7 Å². The Balaban J connectivity index is 1.79. The van der Waals surface area contributed by atoms with Crippen LogP contribution in [-0.4, -0.2) is 21.0 Å². The number of hydrogen-bond donors (Lipinski definition) is 2. The van der Waals surface area contributed by atoms with Gasteiger partial charge in [0, 0.05) is 28.9 Å². The Hall–Kier alpha value is -2.73. The lowest BCUT2D eigenvalue weighted by Gasteiger charge is -2.02. The molecule has 0 unspecified atom stereocenters. The van der Waals surface area contributed by atoms with Crippen molar-refractivity contribution in [2.24, 2.45) is 0 Å². The van der Waals surface area contributed by atoms with E-state index in [4.69, 9.17) is 0 Å². The normalized spacial score (nSPS) is 10.4. The van der Waals surface area contributed by atoms with E-state index in [2.05, 4.69) is 15.3 Å². The number of rotatable bonds is 3. The van der Waals surface area contributed by atoms with Crippen molar-refractivity contribution in [2.45, 2.75) is 6.92 Å². The maximum Gasteiger partial charge on any atom is 0.257 e. The third-order valence-electron chi connectivity index (χ3n) is 3.16. The summed E-state index contributed by atoms with van der Waals surface area (Å²) in [7, 11) is 0. The molecule has 0 aliphatic rings. The minimum atomic E-state index is -0.217. The molecule has 0 spiro atoms. The molecule has 2 aromatic heterocycles. The third kappa shape index (κ3) is 2.96. The maximum atomic E-state index is 12.1. The number of benzene rings is 1. The molecule has 0 aliphatic heterocycles. The van der Waals surface area contributed by atoms with Crippen LogP contribution in [0.5, 0.6) is 5.75 Å². The number of nitrogens with zero attached hydrogens (tertiary/aromatic N) is 2. The molecule has 110 valence electrons. The number of amides is 1. The summed E-state index contributed by atoms with van der Waals surface area (Å²) in [5.41, 5.74) is 2.98. The van der Waals surface area contributed by atoms with Crippen molar-refractivity contribution in [3.63, 3.8) is 0 Å². The number of aryl methyl sites for hydroxylation is 1. The van der Waals surface area contributed by atoms with E-state index in [0.29, 0.717) is 10.7 Å². The first kappa shape index (κ1) is 14.2. The molecule has 1 amide bonds. The number of carbonyl (C=O) groups excluding carboxylic acids is 1. The predicted octanol–water partition coefficient (Wildman–Crippen LogP) is 3.47. The molecular formula is C16H13N3O2S. The number of phenolic OH excluding ortho intramolecular Hbond substituents is 1. The lowest BCUT2D eigenvalue weighted by molar-refractivity contribution is 0.102. The Morgan fingerprint density at radius 2 is 2.00 bits per heavy atom. The minimum Gasteiger partial charge on any atom is -0.508 e. The zero-order valence-corrected chi connectivity index (χ0v) is 12.6. The molecule has 3 rings (SSSR count). The van der Waals surface area contributed by atoms with Crippen LogP contribution in [0.3, 0.4) is 0 Å². The summed E-state index contributed by atoms with van der Waals surface area (Å²) >= 11 is 1.36. The van der Waals surface area contributed by atoms with Crippen LogP contribution in [-0.2, 0) is 0 Å². The van der Waals surface area contributed by atoms with E-state index in [0.717, 1.165) is 16.8 Å². The second-order valence-electron chi connectivity index (χ2n) is 4.73. The summed E-state index contributed by atoms with van der Waals surface area (Å²) < 4.78 is 0. The molecule has 0 fully saturated rings. The molecule has 1 aromatic carbocycles. The Morgan fingerprint density at radius 1 is 1.23 bits per heavy atom. The molecule has 3 aromatic rings. The molecule has 22 heavy (non-hydrogen) atoms. The van der Waals surface area contributed by atoms with E-state index in [-0.39, 0.29) is 11.7 Å². The van der Waals surface area contributed by atoms with Crippen LogP contribution < -0.4 is 5.32 Å². The molecule has 0 radical (unpaired) electrons. The van der Waals surface area contributed by atoms with Crippen LogP contribution in [0, 0.1) is 6.92 Å². The lowest BCUT2D eigenvalue weighted by atomic mass is 10.1. The number of phenols is 1. The topological polar surface area (TPSA) is 75.1 Å². The number of thiazole rings is 1. The fraction of sp³-hybridized carbons (Fsp3) is 0.0625. The van der Waals surface area contributed by atoms with Gasteiger partial charge in [0.15, 0.2) is 5.13 Å². The van der Waals surface area contributed by atoms with Gasteiger partial charge in [-0.1, -0.05) is 0 Å². The monoisotopic (exact) mass is 311 g/mol. The number of aromatic nitrogens is 2. The van der Waals surface area contributed by atoms with Crippen molar-refractivity contribution < 1.29 is 9.90 Å². The predicted molar refractivity (Wildman–Crippen MR) is 86.1 cm³/mol. The first-order valence-corrected chi connectivity index (χ1v) is 7.48. The molecule has 0 atom stereocenters. The van der Waals surface area contributed by atoms with Gasteiger partial charge in [-0.05, 0) is 42.8 Å². The summed E-state index contributed by atoms with van der Waals surface area (Å²) in [6, 6.07) is 8.59. The van der Waals surface area contributed by atoms with Gasteiger partial charge < -0.3 is 5.11 Å². The molecule has 2 heterocycles. The Labute approximate surface area is 131 Å². The highest BCUT2D eigenvalue weighted by Crippen LogP contribution is 2.28. The average molecular weight is 311 g/mol. The molecular weight excluding hydrogens is 298 g/mol. The standard InChI is InChI=1S/C16H13N3O2S/c1-10-8-12(2-3-14(10)20)13-9-22-16(18-13)19-15(21)11-4-6-17-7-5-11/h2-9,20H,1H3,(H,18,19,21). The zero-order valence-electron chi connectivity index (χ0n) is 11.8. The quantitative estimate of drug-likeness (QED) is 0.776.